The number of anilines is 1. The molecule has 0 saturated heterocycles. The van der Waals surface area contributed by atoms with Gasteiger partial charge < -0.3 is 9.13 Å². The van der Waals surface area contributed by atoms with Gasteiger partial charge in [-0.3, -0.25) is 9.59 Å². The van der Waals surface area contributed by atoms with E-state index >= 15 is 0 Å². The van der Waals surface area contributed by atoms with Gasteiger partial charge in [-0.25, -0.2) is 4.90 Å². The van der Waals surface area contributed by atoms with Crippen LogP contribution in [0.1, 0.15) is 31.8 Å². The lowest BCUT2D eigenvalue weighted by molar-refractivity contribution is 0.0926. The summed E-state index contributed by atoms with van der Waals surface area (Å²) in [7, 11) is 0. The Bertz CT molecular complexity index is 2620. The molecule has 0 aliphatic carbocycles. The Balaban J connectivity index is 1.35. The summed E-state index contributed by atoms with van der Waals surface area (Å²) in [6.07, 6.45) is 0. The van der Waals surface area contributed by atoms with Crippen molar-refractivity contribution in [1.82, 2.24) is 9.13 Å². The van der Waals surface area contributed by atoms with E-state index in [9.17, 15) is 14.9 Å². The van der Waals surface area contributed by atoms with Gasteiger partial charge >= 0.3 is 0 Å². The largest absolute Gasteiger partial charge is 0.309 e. The quantitative estimate of drug-likeness (QED) is 0.192. The summed E-state index contributed by atoms with van der Waals surface area (Å²) in [4.78, 5) is 28.1. The second-order valence-corrected chi connectivity index (χ2v) is 11.7. The monoisotopic (exact) mass is 592 g/mol. The molecule has 6 aromatic carbocycles. The number of carbonyl (C=O) groups is 2. The van der Waals surface area contributed by atoms with Crippen LogP contribution in [0.3, 0.4) is 0 Å². The van der Waals surface area contributed by atoms with Gasteiger partial charge in [0.05, 0.1) is 50.5 Å². The number of amides is 2. The van der Waals surface area contributed by atoms with Crippen molar-refractivity contribution in [2.45, 2.75) is 6.92 Å². The van der Waals surface area contributed by atoms with Crippen molar-refractivity contribution in [2.75, 3.05) is 4.90 Å². The van der Waals surface area contributed by atoms with E-state index in [0.29, 0.717) is 28.1 Å². The molecule has 0 spiro atoms. The molecule has 6 nitrogen and oxygen atoms in total. The molecule has 8 aromatic rings. The van der Waals surface area contributed by atoms with E-state index in [1.807, 2.05) is 24.3 Å². The number of nitrogens with zero attached hydrogens (tertiary/aromatic N) is 4. The first kappa shape index (κ1) is 26.0. The van der Waals surface area contributed by atoms with Crippen LogP contribution < -0.4 is 4.90 Å². The molecule has 0 fully saturated rings. The SMILES string of the molecule is Cc1ccc(-n2c3ccccc3c3c4c5ccccc5n(-c5cc(C#N)cc(N6C(=O)c7ccccc7C6=O)c5)c4ccc32)cc1. The van der Waals surface area contributed by atoms with E-state index in [1.54, 1.807) is 30.3 Å². The molecule has 0 atom stereocenters. The summed E-state index contributed by atoms with van der Waals surface area (Å²) in [6.45, 7) is 2.09. The fourth-order valence-corrected chi connectivity index (χ4v) is 7.11. The fourth-order valence-electron chi connectivity index (χ4n) is 7.11. The molecule has 0 unspecified atom stereocenters. The van der Waals surface area contributed by atoms with E-state index in [-0.39, 0.29) is 0 Å². The van der Waals surface area contributed by atoms with Gasteiger partial charge in [0, 0.05) is 32.9 Å². The lowest BCUT2D eigenvalue weighted by atomic mass is 10.1. The maximum atomic E-state index is 13.5. The zero-order valence-electron chi connectivity index (χ0n) is 24.7. The standard InChI is InChI=1S/C40H24N4O2/c1-24-14-16-26(17-15-24)42-33-12-6-4-10-31(33)37-35(42)18-19-36-38(37)32-11-5-7-13-34(32)43(36)27-20-25(23-41)21-28(22-27)44-39(45)29-8-2-3-9-30(29)40(44)46/h2-22H,1H3. The van der Waals surface area contributed by atoms with Gasteiger partial charge in [-0.15, -0.1) is 0 Å². The Morgan fingerprint density at radius 1 is 0.522 bits per heavy atom. The number of benzene rings is 6. The first-order valence-corrected chi connectivity index (χ1v) is 15.1. The number of nitriles is 1. The van der Waals surface area contributed by atoms with Gasteiger partial charge in [-0.1, -0.05) is 66.2 Å². The summed E-state index contributed by atoms with van der Waals surface area (Å²) in [5, 5.41) is 14.5. The zero-order valence-corrected chi connectivity index (χ0v) is 24.7. The minimum absolute atomic E-state index is 0.354. The number of aromatic nitrogens is 2. The lowest BCUT2D eigenvalue weighted by Gasteiger charge is -2.17. The third-order valence-corrected chi connectivity index (χ3v) is 9.11. The first-order valence-electron chi connectivity index (χ1n) is 15.1. The molecule has 1 aliphatic heterocycles. The number of carbonyl (C=O) groups excluding carboxylic acids is 2. The summed E-state index contributed by atoms with van der Waals surface area (Å²) in [5.74, 6) is -0.788. The minimum atomic E-state index is -0.394. The van der Waals surface area contributed by atoms with Crippen molar-refractivity contribution in [1.29, 1.82) is 5.26 Å². The Morgan fingerprint density at radius 3 is 1.59 bits per heavy atom. The average molecular weight is 593 g/mol. The van der Waals surface area contributed by atoms with Crippen LogP contribution in [0.4, 0.5) is 5.69 Å². The van der Waals surface area contributed by atoms with Gasteiger partial charge in [-0.2, -0.15) is 5.26 Å². The Morgan fingerprint density at radius 2 is 1.02 bits per heavy atom. The van der Waals surface area contributed by atoms with Gasteiger partial charge in [0.25, 0.3) is 11.8 Å². The van der Waals surface area contributed by atoms with Gasteiger partial charge in [0.2, 0.25) is 0 Å². The van der Waals surface area contributed by atoms with Crippen molar-refractivity contribution in [2.24, 2.45) is 0 Å². The number of para-hydroxylation sites is 2. The molecule has 216 valence electrons. The second kappa shape index (κ2) is 9.52. The molecule has 1 aliphatic rings. The van der Waals surface area contributed by atoms with Gasteiger partial charge in [-0.05, 0) is 73.7 Å². The smallest absolute Gasteiger partial charge is 0.266 e. The maximum Gasteiger partial charge on any atom is 0.266 e. The third-order valence-electron chi connectivity index (χ3n) is 9.11. The van der Waals surface area contributed by atoms with E-state index < -0.39 is 11.8 Å². The first-order chi connectivity index (χ1) is 22.5. The molecule has 2 aromatic heterocycles. The third kappa shape index (κ3) is 3.51. The highest BCUT2D eigenvalue weighted by Gasteiger charge is 2.36. The van der Waals surface area contributed by atoms with E-state index in [0.717, 1.165) is 49.3 Å². The van der Waals surface area contributed by atoms with Gasteiger partial charge in [0.15, 0.2) is 0 Å². The predicted molar refractivity (Wildman–Crippen MR) is 182 cm³/mol. The van der Waals surface area contributed by atoms with Crippen LogP contribution in [0.5, 0.6) is 0 Å². The fraction of sp³-hybridized carbons (Fsp3) is 0.0250. The lowest BCUT2D eigenvalue weighted by Crippen LogP contribution is -2.29. The number of hydrogen-bond donors (Lipinski definition) is 0. The van der Waals surface area contributed by atoms with Crippen LogP contribution in [0.15, 0.2) is 127 Å². The van der Waals surface area contributed by atoms with Gasteiger partial charge in [0.1, 0.15) is 0 Å². The molecule has 6 heteroatoms. The average Bonchev–Trinajstić information content (AvgIpc) is 3.70. The van der Waals surface area contributed by atoms with Crippen LogP contribution in [0, 0.1) is 18.3 Å². The molecular weight excluding hydrogens is 568 g/mol. The van der Waals surface area contributed by atoms with E-state index in [1.165, 1.54) is 10.5 Å². The van der Waals surface area contributed by atoms with Crippen molar-refractivity contribution in [3.63, 3.8) is 0 Å². The van der Waals surface area contributed by atoms with E-state index in [4.69, 9.17) is 0 Å². The predicted octanol–water partition coefficient (Wildman–Crippen LogP) is 8.86. The van der Waals surface area contributed by atoms with Crippen molar-refractivity contribution >= 4 is 61.1 Å². The minimum Gasteiger partial charge on any atom is -0.309 e. The summed E-state index contributed by atoms with van der Waals surface area (Å²) in [5.41, 5.74) is 8.56. The summed E-state index contributed by atoms with van der Waals surface area (Å²) in [6, 6.07) is 43.9. The molecular formula is C40H24N4O2. The number of rotatable bonds is 3. The Labute approximate surface area is 263 Å². The molecule has 0 saturated carbocycles. The number of aryl methyl sites for hydroxylation is 1. The number of fused-ring (bicyclic) bond motifs is 8. The van der Waals surface area contributed by atoms with Crippen LogP contribution >= 0.6 is 0 Å². The van der Waals surface area contributed by atoms with Crippen molar-refractivity contribution < 1.29 is 9.59 Å². The molecule has 2 amide bonds. The maximum absolute atomic E-state index is 13.5. The topological polar surface area (TPSA) is 71.0 Å². The van der Waals surface area contributed by atoms with Crippen molar-refractivity contribution in [3.8, 4) is 17.4 Å². The Kier molecular flexibility index (Phi) is 5.38. The molecule has 46 heavy (non-hydrogen) atoms. The number of imide groups is 1. The highest BCUT2D eigenvalue weighted by Crippen LogP contribution is 2.43. The zero-order chi connectivity index (χ0) is 31.1. The summed E-state index contributed by atoms with van der Waals surface area (Å²) >= 11 is 0. The second-order valence-electron chi connectivity index (χ2n) is 11.7. The normalized spacial score (nSPS) is 12.9. The molecule has 9 rings (SSSR count). The van der Waals surface area contributed by atoms with Crippen LogP contribution in [0.2, 0.25) is 0 Å². The molecule has 0 bridgehead atoms. The highest BCUT2D eigenvalue weighted by molar-refractivity contribution is 6.34. The summed E-state index contributed by atoms with van der Waals surface area (Å²) < 4.78 is 4.44. The van der Waals surface area contributed by atoms with Crippen molar-refractivity contribution in [3.05, 3.63) is 150 Å². The van der Waals surface area contributed by atoms with Crippen LogP contribution in [0.25, 0.3) is 55.0 Å². The highest BCUT2D eigenvalue weighted by atomic mass is 16.2. The van der Waals surface area contributed by atoms with Crippen LogP contribution in [-0.4, -0.2) is 20.9 Å². The Hall–Kier alpha value is -6.45. The number of hydrogen-bond acceptors (Lipinski definition) is 3. The van der Waals surface area contributed by atoms with E-state index in [2.05, 4.69) is 94.9 Å². The molecule has 3 heterocycles. The van der Waals surface area contributed by atoms with Crippen LogP contribution in [-0.2, 0) is 0 Å². The molecule has 0 radical (unpaired) electrons. The molecule has 0 N–H and O–H groups in total.